The van der Waals surface area contributed by atoms with E-state index in [1.165, 1.54) is 11.1 Å². The first kappa shape index (κ1) is 16.7. The Morgan fingerprint density at radius 2 is 1.75 bits per heavy atom. The van der Waals surface area contributed by atoms with E-state index in [9.17, 15) is 5.11 Å². The summed E-state index contributed by atoms with van der Waals surface area (Å²) in [4.78, 5) is 5.68. The van der Waals surface area contributed by atoms with Crippen molar-refractivity contribution in [3.8, 4) is 11.3 Å². The Kier molecular flexibility index (Phi) is 5.28. The standard InChI is InChI=1S/C20H22N2OS/c1-3-16-6-10-18(11-7-16)21-20-22(12-13-23)19(14-24-20)17-8-4-15(2)5-9-17/h4-11,14,23H,3,12-13H2,1-2H3. The van der Waals surface area contributed by atoms with Gasteiger partial charge in [-0.25, -0.2) is 4.99 Å². The van der Waals surface area contributed by atoms with E-state index in [0.29, 0.717) is 6.54 Å². The third kappa shape index (κ3) is 3.66. The molecule has 1 aromatic heterocycles. The first-order valence-electron chi connectivity index (χ1n) is 8.21. The Bertz CT molecular complexity index is 858. The minimum Gasteiger partial charge on any atom is -0.395 e. The van der Waals surface area contributed by atoms with Gasteiger partial charge in [-0.05, 0) is 36.6 Å². The average molecular weight is 338 g/mol. The van der Waals surface area contributed by atoms with Gasteiger partial charge in [-0.15, -0.1) is 11.3 Å². The lowest BCUT2D eigenvalue weighted by atomic mass is 10.1. The minimum absolute atomic E-state index is 0.0948. The van der Waals surface area contributed by atoms with Crippen LogP contribution in [0.15, 0.2) is 58.9 Å². The van der Waals surface area contributed by atoms with Crippen LogP contribution in [0.1, 0.15) is 18.1 Å². The average Bonchev–Trinajstić information content (AvgIpc) is 2.99. The van der Waals surface area contributed by atoms with Crippen molar-refractivity contribution in [2.45, 2.75) is 26.8 Å². The maximum atomic E-state index is 9.45. The summed E-state index contributed by atoms with van der Waals surface area (Å²) in [5, 5.41) is 11.6. The normalized spacial score (nSPS) is 11.9. The van der Waals surface area contributed by atoms with Crippen molar-refractivity contribution < 1.29 is 5.11 Å². The molecular formula is C20H22N2OS. The fourth-order valence-corrected chi connectivity index (χ4v) is 3.56. The lowest BCUT2D eigenvalue weighted by molar-refractivity contribution is 0.275. The second kappa shape index (κ2) is 7.60. The molecule has 3 rings (SSSR count). The lowest BCUT2D eigenvalue weighted by Gasteiger charge is -2.08. The number of aliphatic hydroxyl groups excluding tert-OH is 1. The van der Waals surface area contributed by atoms with Crippen LogP contribution in [0.4, 0.5) is 5.69 Å². The van der Waals surface area contributed by atoms with Crippen LogP contribution in [0.2, 0.25) is 0 Å². The number of nitrogens with zero attached hydrogens (tertiary/aromatic N) is 2. The molecule has 0 unspecified atom stereocenters. The summed E-state index contributed by atoms with van der Waals surface area (Å²) in [6.07, 6.45) is 1.03. The number of aliphatic hydroxyl groups is 1. The van der Waals surface area contributed by atoms with E-state index in [2.05, 4.69) is 60.2 Å². The summed E-state index contributed by atoms with van der Waals surface area (Å²) in [7, 11) is 0. The second-order valence-corrected chi connectivity index (χ2v) is 6.61. The zero-order chi connectivity index (χ0) is 16.9. The van der Waals surface area contributed by atoms with Gasteiger partial charge in [0, 0.05) is 11.9 Å². The molecule has 0 aliphatic rings. The van der Waals surface area contributed by atoms with E-state index in [-0.39, 0.29) is 6.61 Å². The van der Waals surface area contributed by atoms with Crippen molar-refractivity contribution in [2.75, 3.05) is 6.61 Å². The van der Waals surface area contributed by atoms with Crippen molar-refractivity contribution in [1.29, 1.82) is 0 Å². The van der Waals surface area contributed by atoms with Crippen LogP contribution in [0, 0.1) is 6.92 Å². The van der Waals surface area contributed by atoms with Gasteiger partial charge in [0.2, 0.25) is 0 Å². The molecule has 2 aromatic carbocycles. The number of hydrogen-bond donors (Lipinski definition) is 1. The van der Waals surface area contributed by atoms with E-state index in [0.717, 1.165) is 28.2 Å². The summed E-state index contributed by atoms with van der Waals surface area (Å²) in [5.41, 5.74) is 5.73. The zero-order valence-electron chi connectivity index (χ0n) is 14.1. The molecule has 0 aliphatic heterocycles. The van der Waals surface area contributed by atoms with Crippen molar-refractivity contribution >= 4 is 17.0 Å². The van der Waals surface area contributed by atoms with Gasteiger partial charge in [-0.1, -0.05) is 48.9 Å². The van der Waals surface area contributed by atoms with Gasteiger partial charge in [-0.2, -0.15) is 0 Å². The number of hydrogen-bond acceptors (Lipinski definition) is 3. The molecular weight excluding hydrogens is 316 g/mol. The molecule has 0 fully saturated rings. The van der Waals surface area contributed by atoms with Crippen molar-refractivity contribution in [1.82, 2.24) is 4.57 Å². The Morgan fingerprint density at radius 3 is 2.38 bits per heavy atom. The van der Waals surface area contributed by atoms with Crippen LogP contribution in [-0.2, 0) is 13.0 Å². The highest BCUT2D eigenvalue weighted by atomic mass is 32.1. The SMILES string of the molecule is CCc1ccc(N=c2scc(-c3ccc(C)cc3)n2CCO)cc1. The van der Waals surface area contributed by atoms with E-state index in [1.54, 1.807) is 11.3 Å². The largest absolute Gasteiger partial charge is 0.395 e. The Labute approximate surface area is 146 Å². The van der Waals surface area contributed by atoms with Gasteiger partial charge >= 0.3 is 0 Å². The van der Waals surface area contributed by atoms with E-state index in [1.807, 2.05) is 12.1 Å². The third-order valence-corrected chi connectivity index (χ3v) is 4.90. The molecule has 3 nitrogen and oxygen atoms in total. The van der Waals surface area contributed by atoms with Gasteiger partial charge in [0.25, 0.3) is 0 Å². The van der Waals surface area contributed by atoms with Crippen molar-refractivity contribution in [3.05, 3.63) is 69.8 Å². The molecule has 1 N–H and O–H groups in total. The summed E-state index contributed by atoms with van der Waals surface area (Å²) < 4.78 is 2.09. The molecule has 0 bridgehead atoms. The number of aromatic nitrogens is 1. The molecule has 0 atom stereocenters. The van der Waals surface area contributed by atoms with E-state index < -0.39 is 0 Å². The van der Waals surface area contributed by atoms with E-state index >= 15 is 0 Å². The Hall–Kier alpha value is -2.17. The molecule has 124 valence electrons. The van der Waals surface area contributed by atoms with Gasteiger partial charge in [-0.3, -0.25) is 0 Å². The summed E-state index contributed by atoms with van der Waals surface area (Å²) in [5.74, 6) is 0. The van der Waals surface area contributed by atoms with Crippen LogP contribution in [0.25, 0.3) is 11.3 Å². The summed E-state index contributed by atoms with van der Waals surface area (Å²) in [6.45, 7) is 4.87. The third-order valence-electron chi connectivity index (χ3n) is 4.04. The molecule has 0 saturated heterocycles. The van der Waals surface area contributed by atoms with Crippen LogP contribution in [-0.4, -0.2) is 16.3 Å². The molecule has 0 saturated carbocycles. The minimum atomic E-state index is 0.0948. The predicted molar refractivity (Wildman–Crippen MR) is 101 cm³/mol. The van der Waals surface area contributed by atoms with Crippen molar-refractivity contribution in [3.63, 3.8) is 0 Å². The summed E-state index contributed by atoms with van der Waals surface area (Å²) >= 11 is 1.61. The monoisotopic (exact) mass is 338 g/mol. The van der Waals surface area contributed by atoms with Crippen LogP contribution >= 0.6 is 11.3 Å². The van der Waals surface area contributed by atoms with Gasteiger partial charge < -0.3 is 9.67 Å². The molecule has 4 heteroatoms. The molecule has 0 spiro atoms. The Balaban J connectivity index is 2.04. The predicted octanol–water partition coefficient (Wildman–Crippen LogP) is 4.31. The molecule has 0 aliphatic carbocycles. The topological polar surface area (TPSA) is 37.5 Å². The maximum absolute atomic E-state index is 9.45. The lowest BCUT2D eigenvalue weighted by Crippen LogP contribution is -2.17. The summed E-state index contributed by atoms with van der Waals surface area (Å²) in [6, 6.07) is 16.8. The molecule has 24 heavy (non-hydrogen) atoms. The van der Waals surface area contributed by atoms with Gasteiger partial charge in [0.1, 0.15) is 0 Å². The zero-order valence-corrected chi connectivity index (χ0v) is 14.9. The maximum Gasteiger partial charge on any atom is 0.190 e. The quantitative estimate of drug-likeness (QED) is 0.739. The van der Waals surface area contributed by atoms with Crippen LogP contribution in [0.5, 0.6) is 0 Å². The molecule has 1 heterocycles. The van der Waals surface area contributed by atoms with E-state index in [4.69, 9.17) is 4.99 Å². The van der Waals surface area contributed by atoms with Gasteiger partial charge in [0.15, 0.2) is 4.80 Å². The Morgan fingerprint density at radius 1 is 1.04 bits per heavy atom. The number of thiazole rings is 1. The fourth-order valence-electron chi connectivity index (χ4n) is 2.61. The second-order valence-electron chi connectivity index (χ2n) is 5.78. The highest BCUT2D eigenvalue weighted by molar-refractivity contribution is 7.07. The first-order chi connectivity index (χ1) is 11.7. The van der Waals surface area contributed by atoms with Gasteiger partial charge in [0.05, 0.1) is 18.0 Å². The number of rotatable bonds is 5. The van der Waals surface area contributed by atoms with Crippen molar-refractivity contribution in [2.24, 2.45) is 4.99 Å². The van der Waals surface area contributed by atoms with Crippen LogP contribution in [0.3, 0.4) is 0 Å². The molecule has 0 radical (unpaired) electrons. The molecule has 3 aromatic rings. The fraction of sp³-hybridized carbons (Fsp3) is 0.250. The highest BCUT2D eigenvalue weighted by Gasteiger charge is 2.07. The molecule has 0 amide bonds. The number of aryl methyl sites for hydroxylation is 2. The van der Waals surface area contributed by atoms with Crippen LogP contribution < -0.4 is 4.80 Å². The first-order valence-corrected chi connectivity index (χ1v) is 9.09. The number of benzene rings is 2. The smallest absolute Gasteiger partial charge is 0.190 e. The highest BCUT2D eigenvalue weighted by Crippen LogP contribution is 2.21.